The van der Waals surface area contributed by atoms with Crippen LogP contribution in [0.15, 0.2) is 42.5 Å². The van der Waals surface area contributed by atoms with E-state index in [1.54, 1.807) is 4.90 Å². The van der Waals surface area contributed by atoms with Crippen LogP contribution in [-0.4, -0.2) is 13.0 Å². The summed E-state index contributed by atoms with van der Waals surface area (Å²) >= 11 is 0. The molecule has 0 atom stereocenters. The van der Waals surface area contributed by atoms with Crippen LogP contribution in [0.1, 0.15) is 12.0 Å². The first-order valence-corrected chi connectivity index (χ1v) is 6.69. The summed E-state index contributed by atoms with van der Waals surface area (Å²) in [5.74, 6) is 0.0904. The summed E-state index contributed by atoms with van der Waals surface area (Å²) in [5, 5.41) is 3.13. The van der Waals surface area contributed by atoms with E-state index in [0.29, 0.717) is 12.1 Å². The summed E-state index contributed by atoms with van der Waals surface area (Å²) in [7, 11) is 1.89. The van der Waals surface area contributed by atoms with Crippen LogP contribution in [0.4, 0.5) is 22.7 Å². The molecule has 0 fully saturated rings. The van der Waals surface area contributed by atoms with Gasteiger partial charge in [0.25, 0.3) is 0 Å². The molecule has 0 radical (unpaired) electrons. The van der Waals surface area contributed by atoms with Gasteiger partial charge < -0.3 is 11.1 Å². The Labute approximate surface area is 118 Å². The number of nitrogens with one attached hydrogen (secondary N) is 1. The van der Waals surface area contributed by atoms with E-state index in [0.717, 1.165) is 23.5 Å². The van der Waals surface area contributed by atoms with Crippen molar-refractivity contribution in [3.8, 4) is 0 Å². The Hall–Kier alpha value is -2.49. The number of carbonyl (C=O) groups is 1. The van der Waals surface area contributed by atoms with Crippen molar-refractivity contribution in [3.05, 3.63) is 48.0 Å². The molecule has 1 heterocycles. The molecule has 0 saturated carbocycles. The number of aryl methyl sites for hydroxylation is 1. The van der Waals surface area contributed by atoms with Crippen molar-refractivity contribution in [3.63, 3.8) is 0 Å². The number of benzene rings is 2. The molecule has 1 aliphatic heterocycles. The smallest absolute Gasteiger partial charge is 0.231 e. The number of fused-ring (bicyclic) bond motifs is 1. The minimum Gasteiger partial charge on any atom is -0.397 e. The molecule has 4 heteroatoms. The van der Waals surface area contributed by atoms with Gasteiger partial charge in [-0.05, 0) is 42.3 Å². The predicted octanol–water partition coefficient (Wildman–Crippen LogP) is 2.92. The van der Waals surface area contributed by atoms with Gasteiger partial charge in [0.05, 0.1) is 17.1 Å². The fraction of sp³-hybridized carbons (Fsp3) is 0.188. The Morgan fingerprint density at radius 1 is 1.10 bits per heavy atom. The molecule has 0 unspecified atom stereocenters. The molecule has 1 amide bonds. The van der Waals surface area contributed by atoms with Crippen LogP contribution in [0.25, 0.3) is 0 Å². The Balaban J connectivity index is 2.13. The SMILES string of the molecule is CNc1ccc2c(c1)CCC(=O)N2c1ccccc1N. The lowest BCUT2D eigenvalue weighted by molar-refractivity contribution is -0.118. The summed E-state index contributed by atoms with van der Waals surface area (Å²) in [6.07, 6.45) is 1.28. The summed E-state index contributed by atoms with van der Waals surface area (Å²) in [4.78, 5) is 14.0. The van der Waals surface area contributed by atoms with Gasteiger partial charge in [-0.15, -0.1) is 0 Å². The fourth-order valence-electron chi connectivity index (χ4n) is 2.60. The topological polar surface area (TPSA) is 58.4 Å². The van der Waals surface area contributed by atoms with E-state index < -0.39 is 0 Å². The van der Waals surface area contributed by atoms with Crippen LogP contribution in [0, 0.1) is 0 Å². The zero-order valence-electron chi connectivity index (χ0n) is 11.4. The number of nitrogens with two attached hydrogens (primary N) is 1. The zero-order valence-corrected chi connectivity index (χ0v) is 11.4. The molecule has 3 N–H and O–H groups in total. The molecule has 20 heavy (non-hydrogen) atoms. The highest BCUT2D eigenvalue weighted by atomic mass is 16.2. The van der Waals surface area contributed by atoms with Crippen LogP contribution in [0.3, 0.4) is 0 Å². The largest absolute Gasteiger partial charge is 0.397 e. The van der Waals surface area contributed by atoms with E-state index >= 15 is 0 Å². The quantitative estimate of drug-likeness (QED) is 0.822. The summed E-state index contributed by atoms with van der Waals surface area (Å²) in [6, 6.07) is 13.5. The Kier molecular flexibility index (Phi) is 3.06. The number of rotatable bonds is 2. The van der Waals surface area contributed by atoms with E-state index in [9.17, 15) is 4.79 Å². The van der Waals surface area contributed by atoms with Crippen molar-refractivity contribution in [1.29, 1.82) is 0 Å². The molecule has 0 spiro atoms. The number of nitrogens with zero attached hydrogens (tertiary/aromatic N) is 1. The third kappa shape index (κ3) is 1.99. The molecule has 3 rings (SSSR count). The lowest BCUT2D eigenvalue weighted by Gasteiger charge is -2.30. The molecular weight excluding hydrogens is 250 g/mol. The second-order valence-corrected chi connectivity index (χ2v) is 4.88. The molecular formula is C16H17N3O. The number of hydrogen-bond acceptors (Lipinski definition) is 3. The van der Waals surface area contributed by atoms with Gasteiger partial charge in [0, 0.05) is 19.2 Å². The van der Waals surface area contributed by atoms with Crippen molar-refractivity contribution in [1.82, 2.24) is 0 Å². The number of nitrogen functional groups attached to an aromatic ring is 1. The lowest BCUT2D eigenvalue weighted by Crippen LogP contribution is -2.31. The predicted molar refractivity (Wildman–Crippen MR) is 82.3 cm³/mol. The first kappa shape index (κ1) is 12.5. The molecule has 4 nitrogen and oxygen atoms in total. The highest BCUT2D eigenvalue weighted by Gasteiger charge is 2.26. The summed E-state index contributed by atoms with van der Waals surface area (Å²) < 4.78 is 0. The maximum Gasteiger partial charge on any atom is 0.231 e. The van der Waals surface area contributed by atoms with Gasteiger partial charge in [-0.2, -0.15) is 0 Å². The van der Waals surface area contributed by atoms with Crippen molar-refractivity contribution >= 4 is 28.7 Å². The van der Waals surface area contributed by atoms with Crippen LogP contribution < -0.4 is 16.0 Å². The normalized spacial score (nSPS) is 14.1. The van der Waals surface area contributed by atoms with E-state index in [-0.39, 0.29) is 5.91 Å². The summed E-state index contributed by atoms with van der Waals surface area (Å²) in [5.41, 5.74) is 10.5. The summed E-state index contributed by atoms with van der Waals surface area (Å²) in [6.45, 7) is 0. The minimum atomic E-state index is 0.0904. The fourth-order valence-corrected chi connectivity index (χ4v) is 2.60. The molecule has 2 aromatic carbocycles. The minimum absolute atomic E-state index is 0.0904. The van der Waals surface area contributed by atoms with Gasteiger partial charge in [-0.1, -0.05) is 12.1 Å². The van der Waals surface area contributed by atoms with Crippen molar-refractivity contribution in [2.45, 2.75) is 12.8 Å². The molecule has 2 aromatic rings. The van der Waals surface area contributed by atoms with Crippen molar-refractivity contribution in [2.24, 2.45) is 0 Å². The Morgan fingerprint density at radius 3 is 2.65 bits per heavy atom. The van der Waals surface area contributed by atoms with E-state index in [1.807, 2.05) is 43.4 Å². The van der Waals surface area contributed by atoms with Gasteiger partial charge in [-0.3, -0.25) is 9.69 Å². The van der Waals surface area contributed by atoms with Crippen LogP contribution >= 0.6 is 0 Å². The first-order valence-electron chi connectivity index (χ1n) is 6.69. The zero-order chi connectivity index (χ0) is 14.1. The van der Waals surface area contributed by atoms with E-state index in [2.05, 4.69) is 11.4 Å². The molecule has 102 valence electrons. The second kappa shape index (κ2) is 4.89. The first-order chi connectivity index (χ1) is 9.70. The number of anilines is 4. The Bertz CT molecular complexity index is 667. The van der Waals surface area contributed by atoms with Crippen LogP contribution in [0.5, 0.6) is 0 Å². The monoisotopic (exact) mass is 267 g/mol. The Morgan fingerprint density at radius 2 is 1.90 bits per heavy atom. The van der Waals surface area contributed by atoms with Gasteiger partial charge in [0.2, 0.25) is 5.91 Å². The van der Waals surface area contributed by atoms with Crippen molar-refractivity contribution in [2.75, 3.05) is 23.0 Å². The third-order valence-corrected chi connectivity index (χ3v) is 3.64. The van der Waals surface area contributed by atoms with Crippen LogP contribution in [-0.2, 0) is 11.2 Å². The standard InChI is InChI=1S/C16H17N3O/c1-18-12-7-8-14-11(10-12)6-9-16(20)19(14)15-5-3-2-4-13(15)17/h2-5,7-8,10,18H,6,9,17H2,1H3. The molecule has 0 saturated heterocycles. The van der Waals surface area contributed by atoms with E-state index in [4.69, 9.17) is 5.73 Å². The number of carbonyl (C=O) groups excluding carboxylic acids is 1. The molecule has 0 aliphatic carbocycles. The molecule has 1 aliphatic rings. The van der Waals surface area contributed by atoms with Crippen LogP contribution in [0.2, 0.25) is 0 Å². The number of hydrogen-bond donors (Lipinski definition) is 2. The third-order valence-electron chi connectivity index (χ3n) is 3.64. The van der Waals surface area contributed by atoms with E-state index in [1.165, 1.54) is 5.56 Å². The van der Waals surface area contributed by atoms with Gasteiger partial charge >= 0.3 is 0 Å². The van der Waals surface area contributed by atoms with Crippen molar-refractivity contribution < 1.29 is 4.79 Å². The van der Waals surface area contributed by atoms with Gasteiger partial charge in [0.15, 0.2) is 0 Å². The molecule has 0 bridgehead atoms. The number of amides is 1. The average molecular weight is 267 g/mol. The maximum absolute atomic E-state index is 12.3. The second-order valence-electron chi connectivity index (χ2n) is 4.88. The highest BCUT2D eigenvalue weighted by molar-refractivity contribution is 6.05. The number of para-hydroxylation sites is 2. The average Bonchev–Trinajstić information content (AvgIpc) is 2.48. The van der Waals surface area contributed by atoms with Gasteiger partial charge in [-0.25, -0.2) is 0 Å². The maximum atomic E-state index is 12.3. The van der Waals surface area contributed by atoms with Gasteiger partial charge in [0.1, 0.15) is 0 Å². The molecule has 0 aromatic heterocycles. The lowest BCUT2D eigenvalue weighted by atomic mass is 9.99. The highest BCUT2D eigenvalue weighted by Crippen LogP contribution is 2.37.